The van der Waals surface area contributed by atoms with Crippen LogP contribution in [0.5, 0.6) is 5.75 Å². The van der Waals surface area contributed by atoms with Crippen LogP contribution in [0.3, 0.4) is 0 Å². The Kier molecular flexibility index (Phi) is 6.37. The zero-order chi connectivity index (χ0) is 19.3. The number of amides is 2. The first-order valence-corrected chi connectivity index (χ1v) is 7.95. The molecule has 0 fully saturated rings. The van der Waals surface area contributed by atoms with Crippen LogP contribution in [0.4, 0.5) is 5.69 Å². The maximum Gasteiger partial charge on any atom is 0.288 e. The van der Waals surface area contributed by atoms with Crippen molar-refractivity contribution >= 4 is 40.7 Å². The maximum atomic E-state index is 12.0. The molecule has 0 spiro atoms. The van der Waals surface area contributed by atoms with Gasteiger partial charge in [-0.2, -0.15) is 0 Å². The summed E-state index contributed by atoms with van der Waals surface area (Å²) in [5.41, 5.74) is 4.60. The van der Waals surface area contributed by atoms with Crippen molar-refractivity contribution in [1.29, 1.82) is 0 Å². The highest BCUT2D eigenvalue weighted by molar-refractivity contribution is 6.32. The zero-order valence-electron chi connectivity index (χ0n) is 13.4. The number of hydrogen-bond acceptors (Lipinski definition) is 5. The quantitative estimate of drug-likeness (QED) is 0.594. The number of carbonyl (C=O) groups excluding carboxylic acids is 2. The lowest BCUT2D eigenvalue weighted by molar-refractivity contribution is -0.384. The Hall–Kier alpha value is -2.84. The Morgan fingerprint density at radius 1 is 1.15 bits per heavy atom. The van der Waals surface area contributed by atoms with E-state index in [1.807, 2.05) is 0 Å². The summed E-state index contributed by atoms with van der Waals surface area (Å²) in [6, 6.07) is 8.46. The first kappa shape index (κ1) is 19.5. The molecule has 2 rings (SSSR count). The molecule has 2 aromatic carbocycles. The van der Waals surface area contributed by atoms with Crippen molar-refractivity contribution in [2.75, 3.05) is 6.61 Å². The van der Waals surface area contributed by atoms with Crippen molar-refractivity contribution in [1.82, 2.24) is 10.9 Å². The van der Waals surface area contributed by atoms with Crippen molar-refractivity contribution < 1.29 is 19.2 Å². The molecule has 0 aliphatic carbocycles. The smallest absolute Gasteiger partial charge is 0.288 e. The molecule has 0 saturated carbocycles. The molecule has 0 aromatic heterocycles. The van der Waals surface area contributed by atoms with E-state index in [0.29, 0.717) is 10.8 Å². The largest absolute Gasteiger partial charge is 0.483 e. The highest BCUT2D eigenvalue weighted by atomic mass is 35.5. The van der Waals surface area contributed by atoms with Crippen LogP contribution >= 0.6 is 23.2 Å². The average Bonchev–Trinajstić information content (AvgIpc) is 2.59. The fourth-order valence-corrected chi connectivity index (χ4v) is 2.36. The summed E-state index contributed by atoms with van der Waals surface area (Å²) in [5.74, 6) is -0.874. The van der Waals surface area contributed by atoms with Gasteiger partial charge in [0.05, 0.1) is 4.92 Å². The molecule has 0 bridgehead atoms. The minimum Gasteiger partial charge on any atom is -0.483 e. The minimum atomic E-state index is -0.735. The van der Waals surface area contributed by atoms with Gasteiger partial charge in [0.15, 0.2) is 6.61 Å². The summed E-state index contributed by atoms with van der Waals surface area (Å²) in [4.78, 5) is 33.8. The maximum absolute atomic E-state index is 12.0. The Morgan fingerprint density at radius 3 is 2.54 bits per heavy atom. The van der Waals surface area contributed by atoms with Crippen molar-refractivity contribution in [3.8, 4) is 5.75 Å². The summed E-state index contributed by atoms with van der Waals surface area (Å²) in [6.07, 6.45) is 0. The number of rotatable bonds is 5. The summed E-state index contributed by atoms with van der Waals surface area (Å²) < 4.78 is 5.33. The van der Waals surface area contributed by atoms with Crippen LogP contribution in [0.25, 0.3) is 0 Å². The highest BCUT2D eigenvalue weighted by Crippen LogP contribution is 2.25. The number of nitro benzene ring substituents is 1. The van der Waals surface area contributed by atoms with Gasteiger partial charge in [-0.25, -0.2) is 0 Å². The van der Waals surface area contributed by atoms with Crippen molar-refractivity contribution in [2.24, 2.45) is 0 Å². The molecule has 26 heavy (non-hydrogen) atoms. The molecule has 136 valence electrons. The molecule has 2 N–H and O–H groups in total. The Labute approximate surface area is 158 Å². The second-order valence-electron chi connectivity index (χ2n) is 5.12. The second-order valence-corrected chi connectivity index (χ2v) is 5.97. The molecule has 0 radical (unpaired) electrons. The Balaban J connectivity index is 1.89. The summed E-state index contributed by atoms with van der Waals surface area (Å²) in [5, 5.41) is 11.3. The standard InChI is InChI=1S/C16H13Cl2N3O5/c1-9-6-11(17)3-5-14(9)26-8-15(22)19-20-16(23)10-2-4-12(18)13(7-10)21(24)25/h2-7H,8H2,1H3,(H,19,22)(H,20,23). The normalized spacial score (nSPS) is 10.1. The van der Waals surface area contributed by atoms with Gasteiger partial charge in [0.25, 0.3) is 17.5 Å². The van der Waals surface area contributed by atoms with E-state index >= 15 is 0 Å². The van der Waals surface area contributed by atoms with Gasteiger partial charge in [-0.3, -0.25) is 30.6 Å². The second kappa shape index (κ2) is 8.50. The summed E-state index contributed by atoms with van der Waals surface area (Å²) in [6.45, 7) is 1.43. The van der Waals surface area contributed by atoms with Gasteiger partial charge >= 0.3 is 0 Å². The van der Waals surface area contributed by atoms with Crippen LogP contribution in [0.2, 0.25) is 10.0 Å². The predicted molar refractivity (Wildman–Crippen MR) is 95.4 cm³/mol. The number of hydrogen-bond donors (Lipinski definition) is 2. The van der Waals surface area contributed by atoms with Crippen LogP contribution in [-0.4, -0.2) is 23.3 Å². The van der Waals surface area contributed by atoms with Gasteiger partial charge < -0.3 is 4.74 Å². The number of nitro groups is 1. The van der Waals surface area contributed by atoms with Crippen molar-refractivity contribution in [2.45, 2.75) is 6.92 Å². The number of nitrogens with zero attached hydrogens (tertiary/aromatic N) is 1. The molecule has 0 atom stereocenters. The number of aryl methyl sites for hydroxylation is 1. The van der Waals surface area contributed by atoms with Crippen LogP contribution in [-0.2, 0) is 4.79 Å². The van der Waals surface area contributed by atoms with E-state index < -0.39 is 22.4 Å². The summed E-state index contributed by atoms with van der Waals surface area (Å²) >= 11 is 11.5. The fraction of sp³-hybridized carbons (Fsp3) is 0.125. The van der Waals surface area contributed by atoms with E-state index in [4.69, 9.17) is 27.9 Å². The third kappa shape index (κ3) is 5.08. The van der Waals surface area contributed by atoms with E-state index in [1.54, 1.807) is 25.1 Å². The lowest BCUT2D eigenvalue weighted by atomic mass is 10.2. The lowest BCUT2D eigenvalue weighted by Crippen LogP contribution is -2.43. The first-order valence-electron chi connectivity index (χ1n) is 7.20. The third-order valence-electron chi connectivity index (χ3n) is 3.22. The molecule has 0 heterocycles. The van der Waals surface area contributed by atoms with E-state index in [0.717, 1.165) is 11.6 Å². The molecule has 0 aliphatic heterocycles. The number of ether oxygens (including phenoxy) is 1. The first-order chi connectivity index (χ1) is 12.3. The molecular formula is C16H13Cl2N3O5. The summed E-state index contributed by atoms with van der Waals surface area (Å²) in [7, 11) is 0. The number of benzene rings is 2. The van der Waals surface area contributed by atoms with Crippen LogP contribution in [0, 0.1) is 17.0 Å². The van der Waals surface area contributed by atoms with Crippen LogP contribution in [0.1, 0.15) is 15.9 Å². The van der Waals surface area contributed by atoms with Gasteiger partial charge in [-0.15, -0.1) is 0 Å². The number of carbonyl (C=O) groups is 2. The number of hydrazine groups is 1. The molecule has 8 nitrogen and oxygen atoms in total. The van der Waals surface area contributed by atoms with Gasteiger partial charge in [-0.1, -0.05) is 23.2 Å². The zero-order valence-corrected chi connectivity index (χ0v) is 14.9. The van der Waals surface area contributed by atoms with E-state index in [-0.39, 0.29) is 17.2 Å². The van der Waals surface area contributed by atoms with Gasteiger partial charge in [0, 0.05) is 16.7 Å². The number of halogens is 2. The molecule has 10 heteroatoms. The molecule has 0 unspecified atom stereocenters. The van der Waals surface area contributed by atoms with Gasteiger partial charge in [0.2, 0.25) is 0 Å². The van der Waals surface area contributed by atoms with Crippen LogP contribution < -0.4 is 15.6 Å². The molecule has 2 aromatic rings. The third-order valence-corrected chi connectivity index (χ3v) is 3.77. The van der Waals surface area contributed by atoms with Crippen LogP contribution in [0.15, 0.2) is 36.4 Å². The highest BCUT2D eigenvalue weighted by Gasteiger charge is 2.16. The van der Waals surface area contributed by atoms with Gasteiger partial charge in [0.1, 0.15) is 10.8 Å². The minimum absolute atomic E-state index is 0.0316. The number of nitrogens with one attached hydrogen (secondary N) is 2. The van der Waals surface area contributed by atoms with Crippen molar-refractivity contribution in [3.05, 3.63) is 67.7 Å². The molecule has 0 saturated heterocycles. The Bertz CT molecular complexity index is 873. The fourth-order valence-electron chi connectivity index (χ4n) is 1.95. The average molecular weight is 398 g/mol. The molecular weight excluding hydrogens is 385 g/mol. The lowest BCUT2D eigenvalue weighted by Gasteiger charge is -2.10. The van der Waals surface area contributed by atoms with Crippen molar-refractivity contribution in [3.63, 3.8) is 0 Å². The molecule has 0 aliphatic rings. The monoisotopic (exact) mass is 397 g/mol. The topological polar surface area (TPSA) is 111 Å². The van der Waals surface area contributed by atoms with E-state index in [2.05, 4.69) is 10.9 Å². The van der Waals surface area contributed by atoms with Gasteiger partial charge in [-0.05, 0) is 42.8 Å². The SMILES string of the molecule is Cc1cc(Cl)ccc1OCC(=O)NNC(=O)c1ccc(Cl)c([N+](=O)[O-])c1. The molecule has 2 amide bonds. The predicted octanol–water partition coefficient (Wildman–Crippen LogP) is 3.05. The van der Waals surface area contributed by atoms with E-state index in [9.17, 15) is 19.7 Å². The Morgan fingerprint density at radius 2 is 1.88 bits per heavy atom. The van der Waals surface area contributed by atoms with E-state index in [1.165, 1.54) is 12.1 Å².